The Hall–Kier alpha value is -1.40. The van der Waals surface area contributed by atoms with E-state index < -0.39 is 10.8 Å². The maximum absolute atomic E-state index is 12.2. The van der Waals surface area contributed by atoms with E-state index in [4.69, 9.17) is 9.73 Å². The standard InChI is InChI=1S/C23H39N3O2S/c1-6-24-22(26-20-12-9-13-21(15-20)29(27)7-2)25-16-18-10-8-11-19(14-18)17-28-23(3,4)5/h8,10-11,14,20-21H,6-7,9,12-13,15-17H2,1-5H3,(H2,24,25,26). The maximum atomic E-state index is 12.2. The highest BCUT2D eigenvalue weighted by atomic mass is 32.2. The molecule has 1 aromatic carbocycles. The third-order valence-corrected chi connectivity index (χ3v) is 6.79. The molecule has 1 aliphatic rings. The molecular weight excluding hydrogens is 382 g/mol. The molecule has 6 heteroatoms. The van der Waals surface area contributed by atoms with Crippen molar-refractivity contribution in [2.24, 2.45) is 4.99 Å². The Bertz CT molecular complexity index is 685. The van der Waals surface area contributed by atoms with Crippen LogP contribution in [-0.2, 0) is 28.7 Å². The van der Waals surface area contributed by atoms with Crippen molar-refractivity contribution < 1.29 is 8.95 Å². The Kier molecular flexibility index (Phi) is 9.63. The molecule has 0 spiro atoms. The van der Waals surface area contributed by atoms with Gasteiger partial charge in [0, 0.05) is 34.4 Å². The highest BCUT2D eigenvalue weighted by Gasteiger charge is 2.26. The number of hydrogen-bond donors (Lipinski definition) is 2. The Balaban J connectivity index is 1.97. The van der Waals surface area contributed by atoms with Gasteiger partial charge in [-0.25, -0.2) is 4.99 Å². The maximum Gasteiger partial charge on any atom is 0.191 e. The monoisotopic (exact) mass is 421 g/mol. The van der Waals surface area contributed by atoms with E-state index in [2.05, 4.69) is 62.6 Å². The van der Waals surface area contributed by atoms with E-state index in [1.807, 2.05) is 6.92 Å². The van der Waals surface area contributed by atoms with Crippen LogP contribution in [0, 0.1) is 0 Å². The first-order valence-corrected chi connectivity index (χ1v) is 12.3. The van der Waals surface area contributed by atoms with Crippen molar-refractivity contribution in [2.75, 3.05) is 12.3 Å². The van der Waals surface area contributed by atoms with Crippen LogP contribution in [0.3, 0.4) is 0 Å². The number of nitrogens with one attached hydrogen (secondary N) is 2. The summed E-state index contributed by atoms with van der Waals surface area (Å²) in [4.78, 5) is 4.80. The van der Waals surface area contributed by atoms with Crippen LogP contribution in [0.1, 0.15) is 71.4 Å². The van der Waals surface area contributed by atoms with E-state index in [9.17, 15) is 4.21 Å². The Labute approximate surface area is 179 Å². The molecule has 0 amide bonds. The quantitative estimate of drug-likeness (QED) is 0.489. The van der Waals surface area contributed by atoms with Gasteiger partial charge < -0.3 is 15.4 Å². The summed E-state index contributed by atoms with van der Waals surface area (Å²) in [6.07, 6.45) is 4.28. The van der Waals surface area contributed by atoms with Crippen LogP contribution in [0.5, 0.6) is 0 Å². The average molecular weight is 422 g/mol. The number of aliphatic imine (C=N–C) groups is 1. The first-order chi connectivity index (χ1) is 13.8. The van der Waals surface area contributed by atoms with E-state index in [-0.39, 0.29) is 5.60 Å². The number of guanidine groups is 1. The van der Waals surface area contributed by atoms with Crippen molar-refractivity contribution in [3.63, 3.8) is 0 Å². The molecule has 0 aliphatic heterocycles. The number of rotatable bonds is 8. The molecule has 164 valence electrons. The van der Waals surface area contributed by atoms with Gasteiger partial charge in [-0.05, 0) is 58.1 Å². The minimum atomic E-state index is -0.710. The summed E-state index contributed by atoms with van der Waals surface area (Å²) in [5, 5.41) is 7.25. The predicted octanol–water partition coefficient (Wildman–Crippen LogP) is 4.14. The largest absolute Gasteiger partial charge is 0.371 e. The van der Waals surface area contributed by atoms with E-state index >= 15 is 0 Å². The molecule has 0 radical (unpaired) electrons. The van der Waals surface area contributed by atoms with Gasteiger partial charge >= 0.3 is 0 Å². The molecular formula is C23H39N3O2S. The summed E-state index contributed by atoms with van der Waals surface area (Å²) in [6.45, 7) is 12.4. The number of ether oxygens (including phenoxy) is 1. The van der Waals surface area contributed by atoms with Gasteiger partial charge in [0.05, 0.1) is 18.8 Å². The first-order valence-electron chi connectivity index (χ1n) is 10.9. The molecule has 0 aromatic heterocycles. The van der Waals surface area contributed by atoms with Crippen molar-refractivity contribution in [1.82, 2.24) is 10.6 Å². The zero-order valence-corrected chi connectivity index (χ0v) is 19.6. The zero-order chi connectivity index (χ0) is 21.3. The zero-order valence-electron chi connectivity index (χ0n) is 18.8. The van der Waals surface area contributed by atoms with Gasteiger partial charge in [0.2, 0.25) is 0 Å². The van der Waals surface area contributed by atoms with Crippen molar-refractivity contribution in [1.29, 1.82) is 0 Å². The van der Waals surface area contributed by atoms with E-state index in [1.165, 1.54) is 11.1 Å². The summed E-state index contributed by atoms with van der Waals surface area (Å²) in [5.41, 5.74) is 2.20. The summed E-state index contributed by atoms with van der Waals surface area (Å²) < 4.78 is 18.1. The molecule has 1 aliphatic carbocycles. The summed E-state index contributed by atoms with van der Waals surface area (Å²) in [7, 11) is -0.710. The molecule has 1 saturated carbocycles. The van der Waals surface area contributed by atoms with Gasteiger partial charge in [0.1, 0.15) is 0 Å². The van der Waals surface area contributed by atoms with Crippen LogP contribution < -0.4 is 10.6 Å². The lowest BCUT2D eigenvalue weighted by atomic mass is 9.95. The van der Waals surface area contributed by atoms with Crippen molar-refractivity contribution >= 4 is 16.8 Å². The molecule has 2 rings (SSSR count). The fourth-order valence-corrected chi connectivity index (χ4v) is 4.90. The highest BCUT2D eigenvalue weighted by molar-refractivity contribution is 7.85. The van der Waals surface area contributed by atoms with Crippen molar-refractivity contribution in [3.8, 4) is 0 Å². The lowest BCUT2D eigenvalue weighted by molar-refractivity contribution is -0.0149. The van der Waals surface area contributed by atoms with Crippen LogP contribution >= 0.6 is 0 Å². The molecule has 3 unspecified atom stereocenters. The van der Waals surface area contributed by atoms with Gasteiger partial charge in [-0.1, -0.05) is 37.6 Å². The number of hydrogen-bond acceptors (Lipinski definition) is 3. The van der Waals surface area contributed by atoms with Gasteiger partial charge in [0.25, 0.3) is 0 Å². The summed E-state index contributed by atoms with van der Waals surface area (Å²) >= 11 is 0. The van der Waals surface area contributed by atoms with Crippen molar-refractivity contribution in [3.05, 3.63) is 35.4 Å². The third kappa shape index (κ3) is 8.87. The summed E-state index contributed by atoms with van der Waals surface area (Å²) in [6, 6.07) is 8.78. The average Bonchev–Trinajstić information content (AvgIpc) is 2.70. The van der Waals surface area contributed by atoms with Crippen LogP contribution in [0.25, 0.3) is 0 Å². The Morgan fingerprint density at radius 2 is 2.00 bits per heavy atom. The lowest BCUT2D eigenvalue weighted by Crippen LogP contribution is -2.46. The molecule has 0 saturated heterocycles. The molecule has 29 heavy (non-hydrogen) atoms. The minimum Gasteiger partial charge on any atom is -0.371 e. The fourth-order valence-electron chi connectivity index (χ4n) is 3.55. The van der Waals surface area contributed by atoms with Crippen LogP contribution in [-0.4, -0.2) is 39.4 Å². The smallest absolute Gasteiger partial charge is 0.191 e. The Morgan fingerprint density at radius 3 is 2.69 bits per heavy atom. The van der Waals surface area contributed by atoms with Crippen LogP contribution in [0.4, 0.5) is 0 Å². The topological polar surface area (TPSA) is 62.7 Å². The molecule has 5 nitrogen and oxygen atoms in total. The number of nitrogens with zero attached hydrogens (tertiary/aromatic N) is 1. The van der Waals surface area contributed by atoms with E-state index in [1.54, 1.807) is 0 Å². The molecule has 3 atom stereocenters. The Morgan fingerprint density at radius 1 is 1.24 bits per heavy atom. The third-order valence-electron chi connectivity index (χ3n) is 5.05. The van der Waals surface area contributed by atoms with Crippen molar-refractivity contribution in [2.45, 2.75) is 90.3 Å². The molecule has 1 fully saturated rings. The predicted molar refractivity (Wildman–Crippen MR) is 124 cm³/mol. The van der Waals surface area contributed by atoms with Gasteiger partial charge in [-0.3, -0.25) is 4.21 Å². The van der Waals surface area contributed by atoms with E-state index in [0.717, 1.165) is 43.9 Å². The highest BCUT2D eigenvalue weighted by Crippen LogP contribution is 2.23. The summed E-state index contributed by atoms with van der Waals surface area (Å²) in [5.74, 6) is 1.60. The van der Waals surface area contributed by atoms with Gasteiger partial charge in [-0.15, -0.1) is 0 Å². The second-order valence-electron chi connectivity index (χ2n) is 8.72. The SMILES string of the molecule is CCNC(=NCc1cccc(COC(C)(C)C)c1)NC1CCCC(S(=O)CC)C1. The van der Waals surface area contributed by atoms with Crippen LogP contribution in [0.2, 0.25) is 0 Å². The second kappa shape index (κ2) is 11.7. The molecule has 0 bridgehead atoms. The second-order valence-corrected chi connectivity index (χ2v) is 10.7. The van der Waals surface area contributed by atoms with Gasteiger partial charge in [-0.2, -0.15) is 0 Å². The van der Waals surface area contributed by atoms with Gasteiger partial charge in [0.15, 0.2) is 5.96 Å². The fraction of sp³-hybridized carbons (Fsp3) is 0.696. The minimum absolute atomic E-state index is 0.143. The molecule has 2 N–H and O–H groups in total. The van der Waals surface area contributed by atoms with Crippen LogP contribution in [0.15, 0.2) is 29.3 Å². The molecule has 0 heterocycles. The normalized spacial score (nSPS) is 21.6. The first kappa shape index (κ1) is 23.9. The number of benzene rings is 1. The lowest BCUT2D eigenvalue weighted by Gasteiger charge is -2.30. The molecule has 1 aromatic rings. The van der Waals surface area contributed by atoms with E-state index in [0.29, 0.717) is 24.4 Å².